The van der Waals surface area contributed by atoms with Gasteiger partial charge in [0.15, 0.2) is 0 Å². The van der Waals surface area contributed by atoms with Crippen LogP contribution in [0.5, 0.6) is 0 Å². The van der Waals surface area contributed by atoms with Gasteiger partial charge in [-0.3, -0.25) is 9.58 Å². The van der Waals surface area contributed by atoms with Crippen molar-refractivity contribution in [2.75, 3.05) is 13.1 Å². The normalized spacial score (nSPS) is 19.4. The minimum atomic E-state index is 0. The number of nitrogens with two attached hydrogens (primary N) is 1. The summed E-state index contributed by atoms with van der Waals surface area (Å²) in [5, 5.41) is 6.06. The molecule has 0 aliphatic carbocycles. The molecule has 0 spiro atoms. The Balaban J connectivity index is 0.00000147. The van der Waals surface area contributed by atoms with Gasteiger partial charge in [-0.25, -0.2) is 0 Å². The fourth-order valence-corrected chi connectivity index (χ4v) is 3.12. The van der Waals surface area contributed by atoms with Crippen LogP contribution in [0.25, 0.3) is 10.9 Å². The van der Waals surface area contributed by atoms with Crippen molar-refractivity contribution in [3.63, 3.8) is 0 Å². The summed E-state index contributed by atoms with van der Waals surface area (Å²) in [6, 6.07) is 9.04. The number of hydrogen-bond donors (Lipinski definition) is 1. The lowest BCUT2D eigenvalue weighted by Crippen LogP contribution is -2.35. The van der Waals surface area contributed by atoms with Crippen LogP contribution in [-0.2, 0) is 13.1 Å². The van der Waals surface area contributed by atoms with Crippen LogP contribution in [0.15, 0.2) is 24.3 Å². The molecule has 1 aliphatic heterocycles. The summed E-state index contributed by atoms with van der Waals surface area (Å²) < 4.78 is 2.10. The van der Waals surface area contributed by atoms with Gasteiger partial charge in [-0.1, -0.05) is 18.2 Å². The first-order valence-corrected chi connectivity index (χ1v) is 7.22. The molecule has 0 radical (unpaired) electrons. The van der Waals surface area contributed by atoms with Crippen molar-refractivity contribution < 1.29 is 0 Å². The number of benzene rings is 1. The first kappa shape index (κ1) is 15.3. The highest BCUT2D eigenvalue weighted by atomic mass is 35.5. The summed E-state index contributed by atoms with van der Waals surface area (Å²) >= 11 is 0. The van der Waals surface area contributed by atoms with Crippen molar-refractivity contribution in [1.82, 2.24) is 14.7 Å². The third-order valence-corrected chi connectivity index (χ3v) is 4.16. The quantitative estimate of drug-likeness (QED) is 0.942. The maximum Gasteiger partial charge on any atom is 0.0843 e. The smallest absolute Gasteiger partial charge is 0.0843 e. The summed E-state index contributed by atoms with van der Waals surface area (Å²) in [6.45, 7) is 5.89. The molecule has 5 heteroatoms. The molecule has 110 valence electrons. The van der Waals surface area contributed by atoms with Gasteiger partial charge in [0.05, 0.1) is 11.2 Å². The number of para-hydroxylation sites is 1. The van der Waals surface area contributed by atoms with Crippen molar-refractivity contribution in [3.05, 3.63) is 30.0 Å². The molecule has 1 aliphatic rings. The van der Waals surface area contributed by atoms with Gasteiger partial charge in [0.2, 0.25) is 0 Å². The Morgan fingerprint density at radius 1 is 1.35 bits per heavy atom. The van der Waals surface area contributed by atoms with E-state index in [2.05, 4.69) is 40.8 Å². The summed E-state index contributed by atoms with van der Waals surface area (Å²) in [5.74, 6) is 0. The van der Waals surface area contributed by atoms with E-state index in [0.717, 1.165) is 26.2 Å². The van der Waals surface area contributed by atoms with E-state index in [9.17, 15) is 0 Å². The SMILES string of the molecule is CCn1nc(CN2CCCC2CN)c2ccccc21.Cl. The first-order valence-electron chi connectivity index (χ1n) is 7.22. The number of hydrogen-bond acceptors (Lipinski definition) is 3. The number of halogens is 1. The summed E-state index contributed by atoms with van der Waals surface area (Å²) in [5.41, 5.74) is 8.29. The zero-order chi connectivity index (χ0) is 13.2. The molecular weight excluding hydrogens is 272 g/mol. The van der Waals surface area contributed by atoms with Gasteiger partial charge in [-0.05, 0) is 32.4 Å². The fraction of sp³-hybridized carbons (Fsp3) is 0.533. The van der Waals surface area contributed by atoms with Gasteiger partial charge in [0.1, 0.15) is 0 Å². The molecule has 2 N–H and O–H groups in total. The zero-order valence-corrected chi connectivity index (χ0v) is 12.8. The summed E-state index contributed by atoms with van der Waals surface area (Å²) in [7, 11) is 0. The minimum absolute atomic E-state index is 0. The zero-order valence-electron chi connectivity index (χ0n) is 12.0. The van der Waals surface area contributed by atoms with Crippen molar-refractivity contribution in [3.8, 4) is 0 Å². The highest BCUT2D eigenvalue weighted by Gasteiger charge is 2.24. The van der Waals surface area contributed by atoms with E-state index < -0.39 is 0 Å². The van der Waals surface area contributed by atoms with Crippen LogP contribution >= 0.6 is 12.4 Å². The third-order valence-electron chi connectivity index (χ3n) is 4.16. The van der Waals surface area contributed by atoms with Gasteiger partial charge in [0.25, 0.3) is 0 Å². The molecular formula is C15H23ClN4. The van der Waals surface area contributed by atoms with Gasteiger partial charge in [-0.15, -0.1) is 12.4 Å². The lowest BCUT2D eigenvalue weighted by atomic mass is 10.2. The van der Waals surface area contributed by atoms with Crippen LogP contribution < -0.4 is 5.73 Å². The topological polar surface area (TPSA) is 47.1 Å². The second-order valence-corrected chi connectivity index (χ2v) is 5.28. The molecule has 20 heavy (non-hydrogen) atoms. The van der Waals surface area contributed by atoms with Crippen LogP contribution in [0.3, 0.4) is 0 Å². The molecule has 2 heterocycles. The predicted octanol–water partition coefficient (Wildman–Crippen LogP) is 2.40. The van der Waals surface area contributed by atoms with Crippen LogP contribution in [-0.4, -0.2) is 33.8 Å². The van der Waals surface area contributed by atoms with Crippen LogP contribution in [0.4, 0.5) is 0 Å². The third kappa shape index (κ3) is 2.68. The molecule has 3 rings (SSSR count). The predicted molar refractivity (Wildman–Crippen MR) is 85.1 cm³/mol. The molecule has 1 atom stereocenters. The Morgan fingerprint density at radius 3 is 2.90 bits per heavy atom. The molecule has 1 fully saturated rings. The van der Waals surface area contributed by atoms with Crippen molar-refractivity contribution in [1.29, 1.82) is 0 Å². The summed E-state index contributed by atoms with van der Waals surface area (Å²) in [4.78, 5) is 2.48. The van der Waals surface area contributed by atoms with Crippen molar-refractivity contribution in [2.45, 2.75) is 38.9 Å². The maximum absolute atomic E-state index is 5.85. The molecule has 4 nitrogen and oxygen atoms in total. The van der Waals surface area contributed by atoms with E-state index in [1.54, 1.807) is 0 Å². The van der Waals surface area contributed by atoms with Gasteiger partial charge in [0, 0.05) is 31.1 Å². The average Bonchev–Trinajstić information content (AvgIpc) is 3.04. The minimum Gasteiger partial charge on any atom is -0.329 e. The van der Waals surface area contributed by atoms with E-state index in [-0.39, 0.29) is 12.4 Å². The van der Waals surface area contributed by atoms with Crippen LogP contribution in [0.1, 0.15) is 25.5 Å². The number of nitrogens with zero attached hydrogens (tertiary/aromatic N) is 3. The summed E-state index contributed by atoms with van der Waals surface area (Å²) in [6.07, 6.45) is 2.48. The highest BCUT2D eigenvalue weighted by Crippen LogP contribution is 2.23. The second-order valence-electron chi connectivity index (χ2n) is 5.28. The van der Waals surface area contributed by atoms with Gasteiger partial charge >= 0.3 is 0 Å². The molecule has 0 amide bonds. The van der Waals surface area contributed by atoms with E-state index in [0.29, 0.717) is 6.04 Å². The first-order chi connectivity index (χ1) is 9.33. The Kier molecular flexibility index (Phi) is 5.02. The largest absolute Gasteiger partial charge is 0.329 e. The lowest BCUT2D eigenvalue weighted by molar-refractivity contribution is 0.247. The number of fused-ring (bicyclic) bond motifs is 1. The number of rotatable bonds is 4. The van der Waals surface area contributed by atoms with E-state index in [1.807, 2.05) is 0 Å². The Bertz CT molecular complexity index is 566. The standard InChI is InChI=1S/C15H22N4.ClH/c1-2-19-15-8-4-3-7-13(15)14(17-19)11-18-9-5-6-12(18)10-16;/h3-4,7-8,12H,2,5-6,9-11,16H2,1H3;1H. The van der Waals surface area contributed by atoms with Crippen LogP contribution in [0, 0.1) is 0 Å². The van der Waals surface area contributed by atoms with E-state index in [1.165, 1.54) is 29.4 Å². The molecule has 1 aromatic carbocycles. The number of likely N-dealkylation sites (tertiary alicyclic amines) is 1. The second kappa shape index (κ2) is 6.57. The fourth-order valence-electron chi connectivity index (χ4n) is 3.12. The van der Waals surface area contributed by atoms with Gasteiger partial charge < -0.3 is 5.73 Å². The van der Waals surface area contributed by atoms with E-state index >= 15 is 0 Å². The van der Waals surface area contributed by atoms with Crippen molar-refractivity contribution >= 4 is 23.3 Å². The average molecular weight is 295 g/mol. The monoisotopic (exact) mass is 294 g/mol. The molecule has 1 aromatic heterocycles. The number of aromatic nitrogens is 2. The number of aryl methyl sites for hydroxylation is 1. The molecule has 0 saturated carbocycles. The molecule has 0 bridgehead atoms. The van der Waals surface area contributed by atoms with Crippen molar-refractivity contribution in [2.24, 2.45) is 5.73 Å². The highest BCUT2D eigenvalue weighted by molar-refractivity contribution is 5.85. The lowest BCUT2D eigenvalue weighted by Gasteiger charge is -2.22. The Hall–Kier alpha value is -1.10. The van der Waals surface area contributed by atoms with Gasteiger partial charge in [-0.2, -0.15) is 5.10 Å². The van der Waals surface area contributed by atoms with Crippen LogP contribution in [0.2, 0.25) is 0 Å². The molecule has 2 aromatic rings. The molecule has 1 unspecified atom stereocenters. The van der Waals surface area contributed by atoms with E-state index in [4.69, 9.17) is 10.8 Å². The Labute approximate surface area is 126 Å². The maximum atomic E-state index is 5.85. The molecule has 1 saturated heterocycles. The Morgan fingerprint density at radius 2 is 2.15 bits per heavy atom.